The third-order valence-corrected chi connectivity index (χ3v) is 7.10. The van der Waals surface area contributed by atoms with Gasteiger partial charge in [-0.05, 0) is 66.4 Å². The summed E-state index contributed by atoms with van der Waals surface area (Å²) in [6.45, 7) is 4.23. The Morgan fingerprint density at radius 2 is 1.50 bits per heavy atom. The van der Waals surface area contributed by atoms with Crippen LogP contribution in [0, 0.1) is 0 Å². The van der Waals surface area contributed by atoms with Crippen molar-refractivity contribution >= 4 is 32.4 Å². The van der Waals surface area contributed by atoms with Crippen molar-refractivity contribution in [3.63, 3.8) is 0 Å². The van der Waals surface area contributed by atoms with Crippen molar-refractivity contribution in [2.75, 3.05) is 26.2 Å². The standard InChI is InChI=1S/C31H30N2O/c1-4-16-33(17-5-1)18-19-34-27-12-8-23(9-13-27)20-24-10-14-29-25(21-24)11-15-30-28-7-3-2-6-26(28)22-32-31(29)30/h2-3,6-15,21-22H,1,4-5,16-20H2. The Hall–Kier alpha value is -3.43. The number of benzene rings is 4. The van der Waals surface area contributed by atoms with Crippen molar-refractivity contribution in [2.45, 2.75) is 25.7 Å². The molecule has 1 aromatic heterocycles. The first-order chi connectivity index (χ1) is 16.8. The fraction of sp³-hybridized carbons (Fsp3) is 0.258. The Bertz CT molecular complexity index is 1440. The molecule has 6 rings (SSSR count). The molecule has 3 heteroatoms. The van der Waals surface area contributed by atoms with Gasteiger partial charge in [0.2, 0.25) is 0 Å². The van der Waals surface area contributed by atoms with Gasteiger partial charge in [0.15, 0.2) is 0 Å². The summed E-state index contributed by atoms with van der Waals surface area (Å²) in [6, 6.07) is 28.3. The van der Waals surface area contributed by atoms with E-state index in [-0.39, 0.29) is 0 Å². The van der Waals surface area contributed by atoms with Gasteiger partial charge in [0, 0.05) is 28.9 Å². The highest BCUT2D eigenvalue weighted by Gasteiger charge is 2.10. The molecule has 0 aliphatic carbocycles. The average Bonchev–Trinajstić information content (AvgIpc) is 2.90. The maximum absolute atomic E-state index is 5.99. The number of fused-ring (bicyclic) bond motifs is 5. The molecule has 0 amide bonds. The molecule has 0 unspecified atom stereocenters. The second kappa shape index (κ2) is 9.44. The second-order valence-electron chi connectivity index (χ2n) is 9.43. The summed E-state index contributed by atoms with van der Waals surface area (Å²) in [4.78, 5) is 7.31. The zero-order valence-corrected chi connectivity index (χ0v) is 19.5. The predicted octanol–water partition coefficient (Wildman–Crippen LogP) is 7.00. The molecular formula is C31H30N2O. The summed E-state index contributed by atoms with van der Waals surface area (Å²) in [6.07, 6.45) is 6.93. The Morgan fingerprint density at radius 3 is 2.38 bits per heavy atom. The highest BCUT2D eigenvalue weighted by Crippen LogP contribution is 2.30. The summed E-state index contributed by atoms with van der Waals surface area (Å²) in [5.74, 6) is 0.962. The molecule has 1 aliphatic rings. The van der Waals surface area contributed by atoms with Crippen molar-refractivity contribution in [1.82, 2.24) is 9.88 Å². The number of piperidine rings is 1. The van der Waals surface area contributed by atoms with E-state index < -0.39 is 0 Å². The minimum absolute atomic E-state index is 0.765. The molecule has 170 valence electrons. The molecule has 0 bridgehead atoms. The van der Waals surface area contributed by atoms with Crippen molar-refractivity contribution in [1.29, 1.82) is 0 Å². The minimum atomic E-state index is 0.765. The first-order valence-electron chi connectivity index (χ1n) is 12.5. The van der Waals surface area contributed by atoms with Crippen LogP contribution in [0.15, 0.2) is 85.1 Å². The molecule has 4 aromatic carbocycles. The van der Waals surface area contributed by atoms with Crippen LogP contribution in [0.1, 0.15) is 30.4 Å². The fourth-order valence-corrected chi connectivity index (χ4v) is 5.23. The molecular weight excluding hydrogens is 416 g/mol. The third kappa shape index (κ3) is 4.36. The maximum atomic E-state index is 5.99. The van der Waals surface area contributed by atoms with Crippen LogP contribution >= 0.6 is 0 Å². The van der Waals surface area contributed by atoms with E-state index in [4.69, 9.17) is 9.72 Å². The van der Waals surface area contributed by atoms with Crippen LogP contribution in [0.3, 0.4) is 0 Å². The van der Waals surface area contributed by atoms with Crippen LogP contribution in [0.2, 0.25) is 0 Å². The summed E-state index contributed by atoms with van der Waals surface area (Å²) in [5.41, 5.74) is 3.69. The number of pyridine rings is 1. The SMILES string of the molecule is c1ccc2c(c1)cnc1c3ccc(Cc4ccc(OCCN5CCCCC5)cc4)cc3ccc21. The predicted molar refractivity (Wildman–Crippen MR) is 142 cm³/mol. The number of aromatic nitrogens is 1. The van der Waals surface area contributed by atoms with Crippen LogP contribution in [-0.4, -0.2) is 36.1 Å². The highest BCUT2D eigenvalue weighted by molar-refractivity contribution is 6.14. The number of hydrogen-bond donors (Lipinski definition) is 0. The Morgan fingerprint density at radius 1 is 0.706 bits per heavy atom. The van der Waals surface area contributed by atoms with E-state index in [1.807, 2.05) is 6.20 Å². The number of hydrogen-bond acceptors (Lipinski definition) is 3. The Labute approximate surface area is 201 Å². The van der Waals surface area contributed by atoms with E-state index >= 15 is 0 Å². The van der Waals surface area contributed by atoms with Gasteiger partial charge in [-0.25, -0.2) is 0 Å². The summed E-state index contributed by atoms with van der Waals surface area (Å²) < 4.78 is 5.99. The zero-order chi connectivity index (χ0) is 22.7. The van der Waals surface area contributed by atoms with E-state index in [1.54, 1.807) is 0 Å². The molecule has 0 spiro atoms. The van der Waals surface area contributed by atoms with Crippen molar-refractivity contribution in [2.24, 2.45) is 0 Å². The van der Waals surface area contributed by atoms with Gasteiger partial charge in [0.05, 0.1) is 5.52 Å². The average molecular weight is 447 g/mol. The molecule has 3 nitrogen and oxygen atoms in total. The van der Waals surface area contributed by atoms with Crippen LogP contribution in [0.25, 0.3) is 32.4 Å². The van der Waals surface area contributed by atoms with E-state index in [0.717, 1.165) is 30.8 Å². The minimum Gasteiger partial charge on any atom is -0.492 e. The summed E-state index contributed by atoms with van der Waals surface area (Å²) >= 11 is 0. The lowest BCUT2D eigenvalue weighted by Gasteiger charge is -2.26. The van der Waals surface area contributed by atoms with Gasteiger partial charge < -0.3 is 4.74 Å². The first kappa shape index (κ1) is 21.1. The van der Waals surface area contributed by atoms with Crippen molar-refractivity contribution < 1.29 is 4.74 Å². The normalized spacial score (nSPS) is 14.7. The lowest BCUT2D eigenvalue weighted by atomic mass is 9.98. The number of likely N-dealkylation sites (tertiary alicyclic amines) is 1. The molecule has 1 fully saturated rings. The number of rotatable bonds is 6. The smallest absolute Gasteiger partial charge is 0.119 e. The van der Waals surface area contributed by atoms with E-state index in [0.29, 0.717) is 0 Å². The van der Waals surface area contributed by atoms with Crippen molar-refractivity contribution in [3.8, 4) is 5.75 Å². The fourth-order valence-electron chi connectivity index (χ4n) is 5.23. The Balaban J connectivity index is 1.16. The van der Waals surface area contributed by atoms with Gasteiger partial charge >= 0.3 is 0 Å². The molecule has 1 saturated heterocycles. The van der Waals surface area contributed by atoms with Gasteiger partial charge in [-0.3, -0.25) is 9.88 Å². The highest BCUT2D eigenvalue weighted by atomic mass is 16.5. The molecule has 0 saturated carbocycles. The van der Waals surface area contributed by atoms with Crippen LogP contribution < -0.4 is 4.74 Å². The van der Waals surface area contributed by atoms with Crippen molar-refractivity contribution in [3.05, 3.63) is 96.2 Å². The molecule has 1 aliphatic heterocycles. The third-order valence-electron chi connectivity index (χ3n) is 7.10. The summed E-state index contributed by atoms with van der Waals surface area (Å²) in [7, 11) is 0. The second-order valence-corrected chi connectivity index (χ2v) is 9.43. The van der Waals surface area contributed by atoms with Crippen LogP contribution in [0.4, 0.5) is 0 Å². The lowest BCUT2D eigenvalue weighted by molar-refractivity contribution is 0.183. The maximum Gasteiger partial charge on any atom is 0.119 e. The molecule has 34 heavy (non-hydrogen) atoms. The molecule has 0 radical (unpaired) electrons. The molecule has 5 aromatic rings. The van der Waals surface area contributed by atoms with Crippen LogP contribution in [-0.2, 0) is 6.42 Å². The first-order valence-corrected chi connectivity index (χ1v) is 12.5. The largest absolute Gasteiger partial charge is 0.492 e. The topological polar surface area (TPSA) is 25.4 Å². The van der Waals surface area contributed by atoms with Gasteiger partial charge in [-0.2, -0.15) is 0 Å². The van der Waals surface area contributed by atoms with E-state index in [1.165, 1.54) is 70.4 Å². The molecule has 0 N–H and O–H groups in total. The zero-order valence-electron chi connectivity index (χ0n) is 19.5. The van der Waals surface area contributed by atoms with E-state index in [9.17, 15) is 0 Å². The monoisotopic (exact) mass is 446 g/mol. The summed E-state index contributed by atoms with van der Waals surface area (Å²) in [5, 5.41) is 6.12. The van der Waals surface area contributed by atoms with Gasteiger partial charge in [-0.15, -0.1) is 0 Å². The quantitative estimate of drug-likeness (QED) is 0.263. The molecule has 2 heterocycles. The lowest BCUT2D eigenvalue weighted by Crippen LogP contribution is -2.33. The number of ether oxygens (including phenoxy) is 1. The van der Waals surface area contributed by atoms with Gasteiger partial charge in [0.1, 0.15) is 12.4 Å². The Kier molecular flexibility index (Phi) is 5.86. The van der Waals surface area contributed by atoms with Gasteiger partial charge in [-0.1, -0.05) is 73.2 Å². The van der Waals surface area contributed by atoms with E-state index in [2.05, 4.69) is 83.8 Å². The molecule has 0 atom stereocenters. The van der Waals surface area contributed by atoms with Crippen LogP contribution in [0.5, 0.6) is 5.75 Å². The van der Waals surface area contributed by atoms with Gasteiger partial charge in [0.25, 0.3) is 0 Å². The number of nitrogens with zero attached hydrogens (tertiary/aromatic N) is 2.